The molecule has 6 nitrogen and oxygen atoms in total. The minimum atomic E-state index is 0.365. The summed E-state index contributed by atoms with van der Waals surface area (Å²) in [6.45, 7) is 1.32. The van der Waals surface area contributed by atoms with Crippen LogP contribution in [0.15, 0.2) is 84.9 Å². The molecule has 0 aliphatic carbocycles. The van der Waals surface area contributed by atoms with E-state index in [9.17, 15) is 0 Å². The van der Waals surface area contributed by atoms with Gasteiger partial charge in [-0.1, -0.05) is 30.3 Å². The lowest BCUT2D eigenvalue weighted by Crippen LogP contribution is -2.08. The topological polar surface area (TPSA) is 82.4 Å². The standard InChI is InChI=1S/C24H23N3O3/c25-22-8-4-5-9-24(22)30-17-19-16-23(27-26-19)18-10-12-21(13-11-18)29-15-14-28-20-6-2-1-3-7-20/h1-13,16H,14-15,17,25H2,(H,26,27). The Bertz CT molecular complexity index is 1060. The Balaban J connectivity index is 1.27. The van der Waals surface area contributed by atoms with Crippen LogP contribution in [0.4, 0.5) is 5.69 Å². The molecular formula is C24H23N3O3. The molecule has 152 valence electrons. The SMILES string of the molecule is Nc1ccccc1OCc1cc(-c2ccc(OCCOc3ccccc3)cc2)n[nH]1. The molecule has 3 N–H and O–H groups in total. The fraction of sp³-hybridized carbons (Fsp3) is 0.125. The van der Waals surface area contributed by atoms with Crippen molar-refractivity contribution in [2.45, 2.75) is 6.61 Å². The number of hydrogen-bond donors (Lipinski definition) is 2. The summed E-state index contributed by atoms with van der Waals surface area (Å²) in [6, 6.07) is 26.9. The molecule has 0 unspecified atom stereocenters. The molecule has 0 radical (unpaired) electrons. The molecule has 0 spiro atoms. The van der Waals surface area contributed by atoms with E-state index in [1.165, 1.54) is 0 Å². The van der Waals surface area contributed by atoms with Gasteiger partial charge in [0.15, 0.2) is 0 Å². The summed E-state index contributed by atoms with van der Waals surface area (Å²) in [7, 11) is 0. The molecule has 4 aromatic rings. The first-order chi connectivity index (χ1) is 14.8. The largest absolute Gasteiger partial charge is 0.490 e. The molecule has 0 fully saturated rings. The maximum Gasteiger partial charge on any atom is 0.142 e. The zero-order valence-electron chi connectivity index (χ0n) is 16.5. The fourth-order valence-electron chi connectivity index (χ4n) is 2.91. The molecule has 0 aliphatic heterocycles. The van der Waals surface area contributed by atoms with Crippen LogP contribution < -0.4 is 19.9 Å². The van der Waals surface area contributed by atoms with E-state index in [0.717, 1.165) is 28.5 Å². The zero-order chi connectivity index (χ0) is 20.6. The fourth-order valence-corrected chi connectivity index (χ4v) is 2.91. The van der Waals surface area contributed by atoms with Crippen LogP contribution >= 0.6 is 0 Å². The van der Waals surface area contributed by atoms with E-state index in [1.54, 1.807) is 0 Å². The summed E-state index contributed by atoms with van der Waals surface area (Å²) >= 11 is 0. The first-order valence-corrected chi connectivity index (χ1v) is 9.70. The predicted octanol–water partition coefficient (Wildman–Crippen LogP) is 4.70. The Kier molecular flexibility index (Phi) is 6.15. The van der Waals surface area contributed by atoms with Crippen LogP contribution in [0.25, 0.3) is 11.3 Å². The number of H-pyrrole nitrogens is 1. The molecule has 0 atom stereocenters. The van der Waals surface area contributed by atoms with Gasteiger partial charge in [-0.2, -0.15) is 5.10 Å². The molecule has 0 aliphatic rings. The number of nitrogens with one attached hydrogen (secondary N) is 1. The van der Waals surface area contributed by atoms with Gasteiger partial charge < -0.3 is 19.9 Å². The number of nitrogen functional groups attached to an aromatic ring is 1. The van der Waals surface area contributed by atoms with Crippen molar-refractivity contribution < 1.29 is 14.2 Å². The summed E-state index contributed by atoms with van der Waals surface area (Å²) in [5, 5.41) is 7.37. The van der Waals surface area contributed by atoms with Gasteiger partial charge in [-0.3, -0.25) is 5.10 Å². The molecule has 1 aromatic heterocycles. The number of nitrogens with zero attached hydrogens (tertiary/aromatic N) is 1. The number of ether oxygens (including phenoxy) is 3. The normalized spacial score (nSPS) is 10.5. The van der Waals surface area contributed by atoms with Gasteiger partial charge in [0.2, 0.25) is 0 Å². The minimum Gasteiger partial charge on any atom is -0.490 e. The molecule has 6 heteroatoms. The summed E-state index contributed by atoms with van der Waals surface area (Å²) in [5.41, 5.74) is 9.21. The van der Waals surface area contributed by atoms with Crippen molar-refractivity contribution in [1.82, 2.24) is 10.2 Å². The summed E-state index contributed by atoms with van der Waals surface area (Å²) in [5.74, 6) is 2.28. The molecule has 0 bridgehead atoms. The average Bonchev–Trinajstić information content (AvgIpc) is 3.26. The first kappa shape index (κ1) is 19.4. The van der Waals surface area contributed by atoms with Crippen molar-refractivity contribution in [3.8, 4) is 28.5 Å². The average molecular weight is 401 g/mol. The number of nitrogens with two attached hydrogens (primary N) is 1. The van der Waals surface area contributed by atoms with Crippen LogP contribution in [-0.4, -0.2) is 23.4 Å². The Labute approximate surface area is 175 Å². The van der Waals surface area contributed by atoms with Gasteiger partial charge in [-0.05, 0) is 54.6 Å². The van der Waals surface area contributed by atoms with Crippen LogP contribution in [-0.2, 0) is 6.61 Å². The highest BCUT2D eigenvalue weighted by atomic mass is 16.5. The third-order valence-corrected chi connectivity index (χ3v) is 4.45. The molecule has 0 saturated heterocycles. The molecular weight excluding hydrogens is 378 g/mol. The molecule has 0 amide bonds. The van der Waals surface area contributed by atoms with Crippen molar-refractivity contribution in [1.29, 1.82) is 0 Å². The van der Waals surface area contributed by atoms with Gasteiger partial charge in [0.1, 0.15) is 37.1 Å². The van der Waals surface area contributed by atoms with E-state index in [2.05, 4.69) is 10.2 Å². The smallest absolute Gasteiger partial charge is 0.142 e. The van der Waals surface area contributed by atoms with E-state index in [1.807, 2.05) is 84.9 Å². The molecule has 3 aromatic carbocycles. The highest BCUT2D eigenvalue weighted by Crippen LogP contribution is 2.23. The number of para-hydroxylation sites is 3. The van der Waals surface area contributed by atoms with E-state index < -0.39 is 0 Å². The molecule has 4 rings (SSSR count). The van der Waals surface area contributed by atoms with Crippen LogP contribution in [0.1, 0.15) is 5.69 Å². The third-order valence-electron chi connectivity index (χ3n) is 4.45. The van der Waals surface area contributed by atoms with E-state index in [-0.39, 0.29) is 0 Å². The number of aromatic nitrogens is 2. The summed E-state index contributed by atoms with van der Waals surface area (Å²) in [6.07, 6.45) is 0. The summed E-state index contributed by atoms with van der Waals surface area (Å²) in [4.78, 5) is 0. The number of hydrogen-bond acceptors (Lipinski definition) is 5. The number of rotatable bonds is 9. The number of anilines is 1. The lowest BCUT2D eigenvalue weighted by molar-refractivity contribution is 0.217. The van der Waals surface area contributed by atoms with Crippen molar-refractivity contribution in [2.24, 2.45) is 0 Å². The molecule has 1 heterocycles. The lowest BCUT2D eigenvalue weighted by Gasteiger charge is -2.08. The van der Waals surface area contributed by atoms with Crippen molar-refractivity contribution in [2.75, 3.05) is 18.9 Å². The van der Waals surface area contributed by atoms with E-state index in [0.29, 0.717) is 31.3 Å². The van der Waals surface area contributed by atoms with Crippen LogP contribution in [0, 0.1) is 0 Å². The Morgan fingerprint density at radius 1 is 0.733 bits per heavy atom. The van der Waals surface area contributed by atoms with Gasteiger partial charge in [-0.25, -0.2) is 0 Å². The van der Waals surface area contributed by atoms with Crippen molar-refractivity contribution >= 4 is 5.69 Å². The Morgan fingerprint density at radius 2 is 1.40 bits per heavy atom. The van der Waals surface area contributed by atoms with E-state index in [4.69, 9.17) is 19.9 Å². The van der Waals surface area contributed by atoms with Gasteiger partial charge in [0, 0.05) is 5.56 Å². The van der Waals surface area contributed by atoms with Gasteiger partial charge in [-0.15, -0.1) is 0 Å². The minimum absolute atomic E-state index is 0.365. The maximum absolute atomic E-state index is 5.90. The predicted molar refractivity (Wildman–Crippen MR) is 117 cm³/mol. The number of aromatic amines is 1. The van der Waals surface area contributed by atoms with Crippen LogP contribution in [0.5, 0.6) is 17.2 Å². The van der Waals surface area contributed by atoms with Crippen molar-refractivity contribution in [3.63, 3.8) is 0 Å². The lowest BCUT2D eigenvalue weighted by atomic mass is 10.1. The van der Waals surface area contributed by atoms with Gasteiger partial charge in [0.05, 0.1) is 17.1 Å². The molecule has 0 saturated carbocycles. The highest BCUT2D eigenvalue weighted by molar-refractivity contribution is 5.60. The summed E-state index contributed by atoms with van der Waals surface area (Å²) < 4.78 is 17.1. The molecule has 30 heavy (non-hydrogen) atoms. The second kappa shape index (κ2) is 9.52. The Hall–Kier alpha value is -3.93. The third kappa shape index (κ3) is 5.11. The van der Waals surface area contributed by atoms with Crippen molar-refractivity contribution in [3.05, 3.63) is 90.6 Å². The van der Waals surface area contributed by atoms with E-state index >= 15 is 0 Å². The zero-order valence-corrected chi connectivity index (χ0v) is 16.5. The van der Waals surface area contributed by atoms with Gasteiger partial charge >= 0.3 is 0 Å². The maximum atomic E-state index is 5.90. The quantitative estimate of drug-likeness (QED) is 0.314. The number of benzene rings is 3. The first-order valence-electron chi connectivity index (χ1n) is 9.70. The Morgan fingerprint density at radius 3 is 2.13 bits per heavy atom. The van der Waals surface area contributed by atoms with Gasteiger partial charge in [0.25, 0.3) is 0 Å². The van der Waals surface area contributed by atoms with Crippen LogP contribution in [0.2, 0.25) is 0 Å². The second-order valence-corrected chi connectivity index (χ2v) is 6.64. The highest BCUT2D eigenvalue weighted by Gasteiger charge is 2.06. The van der Waals surface area contributed by atoms with Crippen LogP contribution in [0.3, 0.4) is 0 Å². The monoisotopic (exact) mass is 401 g/mol. The second-order valence-electron chi connectivity index (χ2n) is 6.64.